The van der Waals surface area contributed by atoms with Crippen molar-refractivity contribution in [3.05, 3.63) is 71.8 Å². The van der Waals surface area contributed by atoms with Crippen molar-refractivity contribution in [1.29, 1.82) is 0 Å². The first kappa shape index (κ1) is 33.2. The molecule has 2 fully saturated rings. The van der Waals surface area contributed by atoms with Crippen LogP contribution in [0.1, 0.15) is 59.1 Å². The minimum absolute atomic E-state index is 0.00411. The summed E-state index contributed by atoms with van der Waals surface area (Å²) in [6.45, 7) is 11.8. The average Bonchev–Trinajstić information content (AvgIpc) is 3.79. The molecule has 11 nitrogen and oxygen atoms in total. The fourth-order valence-electron chi connectivity index (χ4n) is 6.73. The number of aromatic amines is 1. The van der Waals surface area contributed by atoms with E-state index >= 15 is 0 Å². The van der Waals surface area contributed by atoms with Gasteiger partial charge in [-0.3, -0.25) is 5.10 Å². The van der Waals surface area contributed by atoms with Crippen LogP contribution < -0.4 is 4.90 Å². The van der Waals surface area contributed by atoms with Crippen LogP contribution in [-0.4, -0.2) is 85.5 Å². The number of aromatic nitrogens is 5. The predicted octanol–water partition coefficient (Wildman–Crippen LogP) is 6.40. The zero-order valence-electron chi connectivity index (χ0n) is 27.5. The number of anilines is 1. The van der Waals surface area contributed by atoms with Gasteiger partial charge in [-0.2, -0.15) is 5.10 Å². The molecule has 1 amide bonds. The van der Waals surface area contributed by atoms with Crippen LogP contribution >= 0.6 is 11.6 Å². The molecule has 3 aromatic heterocycles. The number of rotatable bonds is 11. The molecule has 1 saturated carbocycles. The summed E-state index contributed by atoms with van der Waals surface area (Å²) in [4.78, 5) is 26.0. The molecule has 0 bridgehead atoms. The highest BCUT2D eigenvalue weighted by molar-refractivity contribution is 6.33. The number of amides is 1. The van der Waals surface area contributed by atoms with Crippen LogP contribution in [0, 0.1) is 11.7 Å². The van der Waals surface area contributed by atoms with Crippen molar-refractivity contribution in [3.63, 3.8) is 0 Å². The number of hydrogen-bond acceptors (Lipinski definition) is 8. The number of carbonyl (C=O) groups is 1. The molecule has 0 radical (unpaired) electrons. The summed E-state index contributed by atoms with van der Waals surface area (Å²) >= 11 is 6.38. The van der Waals surface area contributed by atoms with Gasteiger partial charge in [-0.25, -0.2) is 19.2 Å². The molecule has 4 heterocycles. The molecule has 13 heteroatoms. The molecule has 1 saturated heterocycles. The van der Waals surface area contributed by atoms with Gasteiger partial charge in [0, 0.05) is 44.5 Å². The topological polar surface area (TPSA) is 111 Å². The Kier molecular flexibility index (Phi) is 9.46. The Morgan fingerprint density at radius 2 is 1.89 bits per heavy atom. The van der Waals surface area contributed by atoms with E-state index in [-0.39, 0.29) is 36.1 Å². The minimum atomic E-state index is -0.721. The maximum absolute atomic E-state index is 13.5. The maximum Gasteiger partial charge on any atom is 0.410 e. The van der Waals surface area contributed by atoms with Gasteiger partial charge < -0.3 is 28.6 Å². The number of benzene rings is 1. The first-order chi connectivity index (χ1) is 22.4. The molecule has 0 spiro atoms. The van der Waals surface area contributed by atoms with Crippen molar-refractivity contribution in [2.45, 2.75) is 83.5 Å². The van der Waals surface area contributed by atoms with Gasteiger partial charge in [-0.15, -0.1) is 0 Å². The Hall–Kier alpha value is -3.74. The molecule has 0 unspecified atom stereocenters. The fraction of sp³-hybridized carbons (Fsp3) is 0.529. The standard InChI is InChI=1S/C34H43ClFN7O4/c1-33(2,3)47-32(44)41(15-11-22-7-9-24(36)10-8-22)13-6-14-42(25-18-39-40-19-25)20-23-17-27(29-28(23)45-34(4,5)46-29)43-16-12-26-30(35)37-21-38-31(26)43/h7-10,12,16,18-19,21,23,27-29H,6,11,13-15,17,20H2,1-5H3,(H,39,40)/t23-,27-,28-,29+/m1/s1. The number of carbonyl (C=O) groups excluding carboxylic acids is 1. The Bertz CT molecular complexity index is 1660. The summed E-state index contributed by atoms with van der Waals surface area (Å²) < 4.78 is 34.4. The van der Waals surface area contributed by atoms with Crippen molar-refractivity contribution in [1.82, 2.24) is 29.6 Å². The molecule has 1 aliphatic heterocycles. The molecule has 6 rings (SSSR count). The number of ether oxygens (including phenoxy) is 3. The van der Waals surface area contributed by atoms with Crippen LogP contribution in [0.3, 0.4) is 0 Å². The van der Waals surface area contributed by atoms with E-state index in [4.69, 9.17) is 25.8 Å². The van der Waals surface area contributed by atoms with E-state index in [0.717, 1.165) is 28.7 Å². The number of fused-ring (bicyclic) bond motifs is 2. The first-order valence-corrected chi connectivity index (χ1v) is 16.5. The van der Waals surface area contributed by atoms with Gasteiger partial charge >= 0.3 is 6.09 Å². The molecule has 4 atom stereocenters. The summed E-state index contributed by atoms with van der Waals surface area (Å²) in [6.07, 6.45) is 8.64. The van der Waals surface area contributed by atoms with Crippen LogP contribution in [0.15, 0.2) is 55.2 Å². The quantitative estimate of drug-likeness (QED) is 0.183. The highest BCUT2D eigenvalue weighted by Gasteiger charge is 2.55. The molecular weight excluding hydrogens is 625 g/mol. The average molecular weight is 668 g/mol. The van der Waals surface area contributed by atoms with E-state index in [1.54, 1.807) is 17.0 Å². The summed E-state index contributed by atoms with van der Waals surface area (Å²) in [7, 11) is 0. The van der Waals surface area contributed by atoms with Gasteiger partial charge in [-0.1, -0.05) is 23.7 Å². The zero-order valence-corrected chi connectivity index (χ0v) is 28.3. The van der Waals surface area contributed by atoms with Gasteiger partial charge in [-0.05, 0) is 77.6 Å². The second-order valence-corrected chi connectivity index (χ2v) is 14.2. The molecule has 1 N–H and O–H groups in total. The molecular formula is C34H43ClFN7O4. The van der Waals surface area contributed by atoms with Crippen LogP contribution in [0.5, 0.6) is 0 Å². The largest absolute Gasteiger partial charge is 0.444 e. The second-order valence-electron chi connectivity index (χ2n) is 13.9. The summed E-state index contributed by atoms with van der Waals surface area (Å²) in [5.41, 5.74) is 2.07. The monoisotopic (exact) mass is 667 g/mol. The Morgan fingerprint density at radius 3 is 2.62 bits per heavy atom. The first-order valence-electron chi connectivity index (χ1n) is 16.2. The normalized spacial score (nSPS) is 22.0. The summed E-state index contributed by atoms with van der Waals surface area (Å²) in [6, 6.07) is 8.33. The van der Waals surface area contributed by atoms with Gasteiger partial charge in [0.15, 0.2) is 5.79 Å². The van der Waals surface area contributed by atoms with Crippen molar-refractivity contribution in [2.24, 2.45) is 5.92 Å². The smallest absolute Gasteiger partial charge is 0.410 e. The number of halogens is 2. The lowest BCUT2D eigenvalue weighted by Gasteiger charge is -2.31. The zero-order chi connectivity index (χ0) is 33.3. The third-order valence-corrected chi connectivity index (χ3v) is 9.07. The minimum Gasteiger partial charge on any atom is -0.444 e. The van der Waals surface area contributed by atoms with E-state index in [9.17, 15) is 9.18 Å². The molecule has 252 valence electrons. The number of nitrogens with one attached hydrogen (secondary N) is 1. The van der Waals surface area contributed by atoms with Crippen LogP contribution in [0.2, 0.25) is 5.15 Å². The van der Waals surface area contributed by atoms with Gasteiger partial charge in [0.05, 0.1) is 29.4 Å². The molecule has 47 heavy (non-hydrogen) atoms. The van der Waals surface area contributed by atoms with Gasteiger partial charge in [0.1, 0.15) is 34.6 Å². The SMILES string of the molecule is CC(C)(C)OC(=O)N(CCCN(C[C@H]1C[C@@H](n2ccc3c(Cl)ncnc32)[C@@H]2OC(C)(C)O[C@H]12)c1cn[nH]c1)CCc1ccc(F)cc1. The van der Waals surface area contributed by atoms with Crippen molar-refractivity contribution < 1.29 is 23.4 Å². The lowest BCUT2D eigenvalue weighted by atomic mass is 10.0. The Labute approximate surface area is 279 Å². The fourth-order valence-corrected chi connectivity index (χ4v) is 6.92. The third kappa shape index (κ3) is 7.71. The van der Waals surface area contributed by atoms with E-state index in [2.05, 4.69) is 29.6 Å². The maximum atomic E-state index is 13.5. The van der Waals surface area contributed by atoms with Crippen LogP contribution in [-0.2, 0) is 20.6 Å². The highest BCUT2D eigenvalue weighted by atomic mass is 35.5. The Balaban J connectivity index is 1.17. The number of H-pyrrole nitrogens is 1. The van der Waals surface area contributed by atoms with Crippen molar-refractivity contribution >= 4 is 34.4 Å². The Morgan fingerprint density at radius 1 is 1.13 bits per heavy atom. The van der Waals surface area contributed by atoms with E-state index in [1.165, 1.54) is 18.5 Å². The lowest BCUT2D eigenvalue weighted by Crippen LogP contribution is -2.40. The number of nitrogens with zero attached hydrogens (tertiary/aromatic N) is 6. The molecule has 4 aromatic rings. The van der Waals surface area contributed by atoms with Crippen molar-refractivity contribution in [3.8, 4) is 0 Å². The summed E-state index contributed by atoms with van der Waals surface area (Å²) in [5.74, 6) is -0.868. The van der Waals surface area contributed by atoms with E-state index < -0.39 is 11.4 Å². The van der Waals surface area contributed by atoms with Gasteiger partial charge in [0.25, 0.3) is 0 Å². The number of hydrogen-bond donors (Lipinski definition) is 1. The second kappa shape index (κ2) is 13.4. The molecule has 1 aromatic carbocycles. The highest BCUT2D eigenvalue weighted by Crippen LogP contribution is 2.48. The van der Waals surface area contributed by atoms with Crippen LogP contribution in [0.25, 0.3) is 11.0 Å². The predicted molar refractivity (Wildman–Crippen MR) is 177 cm³/mol. The molecule has 1 aliphatic carbocycles. The van der Waals surface area contributed by atoms with Gasteiger partial charge in [0.2, 0.25) is 0 Å². The third-order valence-electron chi connectivity index (χ3n) is 8.76. The van der Waals surface area contributed by atoms with E-state index in [0.29, 0.717) is 44.2 Å². The summed E-state index contributed by atoms with van der Waals surface area (Å²) in [5, 5.41) is 8.40. The van der Waals surface area contributed by atoms with E-state index in [1.807, 2.05) is 59.3 Å². The molecule has 2 aliphatic rings. The van der Waals surface area contributed by atoms with Crippen LogP contribution in [0.4, 0.5) is 14.9 Å². The van der Waals surface area contributed by atoms with Crippen molar-refractivity contribution in [2.75, 3.05) is 31.1 Å². The lowest BCUT2D eigenvalue weighted by molar-refractivity contribution is -0.159.